The molecule has 0 N–H and O–H groups in total. The fourth-order valence-electron chi connectivity index (χ4n) is 2.17. The smallest absolute Gasteiger partial charge is 0.214 e. The maximum atomic E-state index is 5.38. The minimum Gasteiger partial charge on any atom is -0.494 e. The third-order valence-electron chi connectivity index (χ3n) is 3.20. The second kappa shape index (κ2) is 6.62. The van der Waals surface area contributed by atoms with Crippen molar-refractivity contribution in [3.63, 3.8) is 0 Å². The lowest BCUT2D eigenvalue weighted by molar-refractivity contribution is 0.410. The summed E-state index contributed by atoms with van der Waals surface area (Å²) in [6, 6.07) is 16.1. The summed E-state index contributed by atoms with van der Waals surface area (Å²) in [5.41, 5.74) is 3.34. The Bertz CT molecular complexity index is 772. The summed E-state index contributed by atoms with van der Waals surface area (Å²) in [6.45, 7) is 2.09. The Hall–Kier alpha value is -2.34. The lowest BCUT2D eigenvalue weighted by Gasteiger charge is -2.09. The van der Waals surface area contributed by atoms with Crippen LogP contribution in [0.2, 0.25) is 0 Å². The predicted octanol–water partition coefficient (Wildman–Crippen LogP) is 3.27. The Morgan fingerprint density at radius 3 is 2.82 bits per heavy atom. The summed E-state index contributed by atoms with van der Waals surface area (Å²) >= 11 is 1.60. The van der Waals surface area contributed by atoms with Crippen LogP contribution in [-0.4, -0.2) is 27.3 Å². The third-order valence-corrected chi connectivity index (χ3v) is 4.20. The molecule has 6 heteroatoms. The number of ether oxygens (including phenoxy) is 1. The molecule has 0 aliphatic heterocycles. The van der Waals surface area contributed by atoms with Crippen LogP contribution in [0.25, 0.3) is 5.69 Å². The van der Waals surface area contributed by atoms with Gasteiger partial charge in [-0.25, -0.2) is 0 Å². The zero-order chi connectivity index (χ0) is 15.4. The Labute approximate surface area is 133 Å². The first-order chi connectivity index (χ1) is 10.8. The highest BCUT2D eigenvalue weighted by molar-refractivity contribution is 7.98. The Morgan fingerprint density at radius 2 is 2.00 bits per heavy atom. The van der Waals surface area contributed by atoms with Crippen LogP contribution in [0.1, 0.15) is 11.1 Å². The quantitative estimate of drug-likeness (QED) is 0.677. The van der Waals surface area contributed by atoms with Gasteiger partial charge in [0.15, 0.2) is 0 Å². The number of benzene rings is 2. The molecule has 0 amide bonds. The van der Waals surface area contributed by atoms with Gasteiger partial charge in [0.2, 0.25) is 5.16 Å². The van der Waals surface area contributed by atoms with Crippen molar-refractivity contribution in [1.29, 1.82) is 0 Å². The number of aromatic nitrogens is 4. The van der Waals surface area contributed by atoms with Crippen LogP contribution in [-0.2, 0) is 5.75 Å². The minimum atomic E-state index is 0.742. The minimum absolute atomic E-state index is 0.742. The van der Waals surface area contributed by atoms with Gasteiger partial charge in [-0.3, -0.25) is 0 Å². The summed E-state index contributed by atoms with van der Waals surface area (Å²) in [4.78, 5) is 0. The molecule has 3 aromatic rings. The molecule has 22 heavy (non-hydrogen) atoms. The van der Waals surface area contributed by atoms with Gasteiger partial charge in [-0.15, -0.1) is 5.10 Å². The number of methoxy groups -OCH3 is 1. The first kappa shape index (κ1) is 14.6. The molecule has 5 nitrogen and oxygen atoms in total. The molecular weight excluding hydrogens is 296 g/mol. The topological polar surface area (TPSA) is 52.8 Å². The second-order valence-corrected chi connectivity index (χ2v) is 5.77. The van der Waals surface area contributed by atoms with Gasteiger partial charge in [0.1, 0.15) is 11.4 Å². The number of tetrazole rings is 1. The average Bonchev–Trinajstić information content (AvgIpc) is 3.01. The van der Waals surface area contributed by atoms with Crippen molar-refractivity contribution in [2.45, 2.75) is 17.8 Å². The molecule has 1 aromatic heterocycles. The Morgan fingerprint density at radius 1 is 1.14 bits per heavy atom. The van der Waals surface area contributed by atoms with Crippen LogP contribution in [0.15, 0.2) is 53.7 Å². The SMILES string of the molecule is COc1ccccc1-n1nnnc1SCc1cccc(C)c1. The van der Waals surface area contributed by atoms with Gasteiger partial charge in [0, 0.05) is 5.75 Å². The van der Waals surface area contributed by atoms with E-state index in [9.17, 15) is 0 Å². The van der Waals surface area contributed by atoms with E-state index in [0.717, 1.165) is 22.3 Å². The molecule has 0 radical (unpaired) electrons. The van der Waals surface area contributed by atoms with Crippen molar-refractivity contribution in [3.8, 4) is 11.4 Å². The Balaban J connectivity index is 1.83. The maximum absolute atomic E-state index is 5.38. The number of rotatable bonds is 5. The van der Waals surface area contributed by atoms with Gasteiger partial charge >= 0.3 is 0 Å². The van der Waals surface area contributed by atoms with Gasteiger partial charge in [-0.1, -0.05) is 53.7 Å². The number of para-hydroxylation sites is 2. The molecule has 0 saturated heterocycles. The van der Waals surface area contributed by atoms with Crippen molar-refractivity contribution >= 4 is 11.8 Å². The summed E-state index contributed by atoms with van der Waals surface area (Å²) in [5.74, 6) is 1.56. The van der Waals surface area contributed by atoms with Crippen LogP contribution in [0, 0.1) is 6.92 Å². The fraction of sp³-hybridized carbons (Fsp3) is 0.188. The van der Waals surface area contributed by atoms with Crippen LogP contribution < -0.4 is 4.74 Å². The van der Waals surface area contributed by atoms with E-state index in [0.29, 0.717) is 0 Å². The predicted molar refractivity (Wildman–Crippen MR) is 86.4 cm³/mol. The van der Waals surface area contributed by atoms with E-state index in [1.54, 1.807) is 23.6 Å². The first-order valence-corrected chi connectivity index (χ1v) is 7.86. The molecule has 0 unspecified atom stereocenters. The highest BCUT2D eigenvalue weighted by Crippen LogP contribution is 2.27. The normalized spacial score (nSPS) is 10.6. The zero-order valence-corrected chi connectivity index (χ0v) is 13.2. The van der Waals surface area contributed by atoms with Crippen LogP contribution in [0.5, 0.6) is 5.75 Å². The Kier molecular flexibility index (Phi) is 4.39. The molecule has 0 spiro atoms. The van der Waals surface area contributed by atoms with Gasteiger partial charge < -0.3 is 4.74 Å². The van der Waals surface area contributed by atoms with E-state index in [-0.39, 0.29) is 0 Å². The summed E-state index contributed by atoms with van der Waals surface area (Å²) < 4.78 is 7.08. The summed E-state index contributed by atoms with van der Waals surface area (Å²) in [6.07, 6.45) is 0. The van der Waals surface area contributed by atoms with Gasteiger partial charge in [0.25, 0.3) is 0 Å². The summed E-state index contributed by atoms with van der Waals surface area (Å²) in [7, 11) is 1.64. The average molecular weight is 312 g/mol. The molecule has 0 saturated carbocycles. The summed E-state index contributed by atoms with van der Waals surface area (Å²) in [5, 5.41) is 12.7. The van der Waals surface area contributed by atoms with E-state index in [1.165, 1.54) is 11.1 Å². The van der Waals surface area contributed by atoms with Gasteiger partial charge in [0.05, 0.1) is 7.11 Å². The number of nitrogens with zero attached hydrogens (tertiary/aromatic N) is 4. The number of thioether (sulfide) groups is 1. The van der Waals surface area contributed by atoms with Crippen molar-refractivity contribution in [1.82, 2.24) is 20.2 Å². The van der Waals surface area contributed by atoms with Crippen LogP contribution in [0.4, 0.5) is 0 Å². The van der Waals surface area contributed by atoms with Crippen molar-refractivity contribution in [2.24, 2.45) is 0 Å². The van der Waals surface area contributed by atoms with Gasteiger partial charge in [-0.05, 0) is 35.0 Å². The van der Waals surface area contributed by atoms with E-state index >= 15 is 0 Å². The van der Waals surface area contributed by atoms with E-state index in [1.807, 2.05) is 24.3 Å². The molecule has 1 heterocycles. The highest BCUT2D eigenvalue weighted by Gasteiger charge is 2.12. The zero-order valence-electron chi connectivity index (χ0n) is 12.4. The monoisotopic (exact) mass is 312 g/mol. The lowest BCUT2D eigenvalue weighted by Crippen LogP contribution is -2.01. The number of hydrogen-bond acceptors (Lipinski definition) is 5. The molecule has 0 bridgehead atoms. The van der Waals surface area contributed by atoms with Crippen molar-refractivity contribution < 1.29 is 4.74 Å². The van der Waals surface area contributed by atoms with Crippen LogP contribution in [0.3, 0.4) is 0 Å². The molecule has 0 aliphatic carbocycles. The first-order valence-electron chi connectivity index (χ1n) is 6.88. The standard InChI is InChI=1S/C16H16N4OS/c1-12-6-5-7-13(10-12)11-22-16-17-18-19-20(16)14-8-3-4-9-15(14)21-2/h3-10H,11H2,1-2H3. The number of hydrogen-bond donors (Lipinski definition) is 0. The third kappa shape index (κ3) is 3.12. The molecule has 0 aliphatic rings. The molecule has 3 rings (SSSR count). The van der Waals surface area contributed by atoms with Crippen molar-refractivity contribution in [3.05, 3.63) is 59.7 Å². The molecule has 112 valence electrons. The lowest BCUT2D eigenvalue weighted by atomic mass is 10.2. The van der Waals surface area contributed by atoms with Gasteiger partial charge in [-0.2, -0.15) is 4.68 Å². The van der Waals surface area contributed by atoms with E-state index < -0.39 is 0 Å². The maximum Gasteiger partial charge on any atom is 0.214 e. The molecular formula is C16H16N4OS. The molecule has 0 fully saturated rings. The van der Waals surface area contributed by atoms with E-state index in [4.69, 9.17) is 4.74 Å². The van der Waals surface area contributed by atoms with Crippen LogP contribution >= 0.6 is 11.8 Å². The van der Waals surface area contributed by atoms with Crippen molar-refractivity contribution in [2.75, 3.05) is 7.11 Å². The van der Waals surface area contributed by atoms with E-state index in [2.05, 4.69) is 46.7 Å². The molecule has 0 atom stereocenters. The largest absolute Gasteiger partial charge is 0.494 e. The second-order valence-electron chi connectivity index (χ2n) is 4.82. The highest BCUT2D eigenvalue weighted by atomic mass is 32.2. The molecule has 2 aromatic carbocycles. The fourth-order valence-corrected chi connectivity index (χ4v) is 3.00. The number of aryl methyl sites for hydroxylation is 1.